The molecular weight excluding hydrogens is 171 g/mol. The Bertz CT molecular complexity index is 182. The van der Waals surface area contributed by atoms with Crippen molar-refractivity contribution in [2.45, 2.75) is 12.5 Å². The molecule has 3 nitrogen and oxygen atoms in total. The van der Waals surface area contributed by atoms with Crippen LogP contribution in [0.2, 0.25) is 0 Å². The molecule has 0 amide bonds. The first-order valence-corrected chi connectivity index (χ1v) is 5.46. The van der Waals surface area contributed by atoms with Crippen LogP contribution >= 0.6 is 19.8 Å². The van der Waals surface area contributed by atoms with Crippen LogP contribution in [0, 0.1) is 0 Å². The third-order valence-electron chi connectivity index (χ3n) is 1.21. The van der Waals surface area contributed by atoms with E-state index in [0.29, 0.717) is 13.0 Å². The highest BCUT2D eigenvalue weighted by molar-refractivity contribution is 7.79. The first-order chi connectivity index (χ1) is 4.64. The van der Waals surface area contributed by atoms with E-state index in [1.165, 1.54) is 12.0 Å². The van der Waals surface area contributed by atoms with Crippen LogP contribution in [-0.4, -0.2) is 24.7 Å². The number of thiocarbonyl (C=S) groups is 1. The Morgan fingerprint density at radius 3 is 2.90 bits per heavy atom. The molecule has 1 fully saturated rings. The van der Waals surface area contributed by atoms with E-state index in [1.54, 1.807) is 0 Å². The number of rotatable bonds is 1. The molecule has 0 N–H and O–H groups in total. The van der Waals surface area contributed by atoms with E-state index >= 15 is 0 Å². The van der Waals surface area contributed by atoms with E-state index < -0.39 is 7.60 Å². The van der Waals surface area contributed by atoms with Crippen molar-refractivity contribution in [3.05, 3.63) is 0 Å². The van der Waals surface area contributed by atoms with Crippen LogP contribution in [0.1, 0.15) is 6.42 Å². The Balaban J connectivity index is 2.55. The van der Waals surface area contributed by atoms with E-state index in [0.717, 1.165) is 0 Å². The van der Waals surface area contributed by atoms with E-state index in [-0.39, 0.29) is 6.10 Å². The third-order valence-corrected chi connectivity index (χ3v) is 2.82. The fourth-order valence-corrected chi connectivity index (χ4v) is 2.19. The summed E-state index contributed by atoms with van der Waals surface area (Å²) in [6, 6.07) is 0. The molecule has 0 aromatic heterocycles. The molecule has 58 valence electrons. The third kappa shape index (κ3) is 2.13. The van der Waals surface area contributed by atoms with Crippen LogP contribution in [0.15, 0.2) is 0 Å². The molecule has 1 aliphatic heterocycles. The van der Waals surface area contributed by atoms with E-state index in [1.807, 2.05) is 0 Å². The zero-order valence-electron chi connectivity index (χ0n) is 5.65. The van der Waals surface area contributed by atoms with Crippen LogP contribution in [0.25, 0.3) is 0 Å². The summed E-state index contributed by atoms with van der Waals surface area (Å²) in [7, 11) is -2.76. The first-order valence-electron chi connectivity index (χ1n) is 3.00. The highest BCUT2D eigenvalue weighted by Crippen LogP contribution is 2.48. The van der Waals surface area contributed by atoms with Gasteiger partial charge < -0.3 is 9.05 Å². The zero-order valence-corrected chi connectivity index (χ0v) is 7.36. The van der Waals surface area contributed by atoms with Crippen molar-refractivity contribution in [3.8, 4) is 0 Å². The SMILES string of the molecule is CP1(=O)OCCC(C=S)O1. The van der Waals surface area contributed by atoms with E-state index in [4.69, 9.17) is 9.05 Å². The molecule has 0 saturated carbocycles. The van der Waals surface area contributed by atoms with Gasteiger partial charge in [0.2, 0.25) is 0 Å². The van der Waals surface area contributed by atoms with Gasteiger partial charge in [-0.1, -0.05) is 12.2 Å². The molecule has 1 saturated heterocycles. The van der Waals surface area contributed by atoms with Gasteiger partial charge in [-0.2, -0.15) is 0 Å². The number of hydrogen-bond acceptors (Lipinski definition) is 4. The Morgan fingerprint density at radius 2 is 2.50 bits per heavy atom. The summed E-state index contributed by atoms with van der Waals surface area (Å²) in [5.74, 6) is 0. The molecule has 2 atom stereocenters. The summed E-state index contributed by atoms with van der Waals surface area (Å²) >= 11 is 4.65. The average Bonchev–Trinajstić information content (AvgIpc) is 1.86. The van der Waals surface area contributed by atoms with Gasteiger partial charge in [0.1, 0.15) is 0 Å². The summed E-state index contributed by atoms with van der Waals surface area (Å²) in [6.45, 7) is 1.93. The molecule has 1 rings (SSSR count). The average molecular weight is 180 g/mol. The summed E-state index contributed by atoms with van der Waals surface area (Å²) in [5.41, 5.74) is 0. The van der Waals surface area contributed by atoms with Crippen LogP contribution in [0.5, 0.6) is 0 Å². The van der Waals surface area contributed by atoms with Gasteiger partial charge in [0, 0.05) is 18.5 Å². The molecule has 2 unspecified atom stereocenters. The van der Waals surface area contributed by atoms with Crippen molar-refractivity contribution in [2.24, 2.45) is 0 Å². The van der Waals surface area contributed by atoms with Crippen molar-refractivity contribution < 1.29 is 13.6 Å². The fourth-order valence-electron chi connectivity index (χ4n) is 0.757. The molecule has 0 aromatic carbocycles. The highest BCUT2D eigenvalue weighted by atomic mass is 32.1. The highest BCUT2D eigenvalue weighted by Gasteiger charge is 2.26. The summed E-state index contributed by atoms with van der Waals surface area (Å²) in [6.07, 6.45) is 0.543. The van der Waals surface area contributed by atoms with Gasteiger partial charge in [0.05, 0.1) is 12.7 Å². The molecule has 0 aromatic rings. The van der Waals surface area contributed by atoms with Gasteiger partial charge in [0.15, 0.2) is 0 Å². The topological polar surface area (TPSA) is 35.5 Å². The monoisotopic (exact) mass is 180 g/mol. The molecule has 0 bridgehead atoms. The van der Waals surface area contributed by atoms with Crippen molar-refractivity contribution in [1.29, 1.82) is 0 Å². The number of hydrogen-bond donors (Lipinski definition) is 0. The smallest absolute Gasteiger partial charge is 0.309 e. The molecule has 0 spiro atoms. The molecular formula is C5H9O3PS. The van der Waals surface area contributed by atoms with Gasteiger partial charge >= 0.3 is 7.60 Å². The predicted octanol–water partition coefficient (Wildman–Crippen LogP) is 1.61. The largest absolute Gasteiger partial charge is 0.328 e. The van der Waals surface area contributed by atoms with Crippen LogP contribution < -0.4 is 0 Å². The minimum absolute atomic E-state index is 0.167. The molecule has 1 heterocycles. The van der Waals surface area contributed by atoms with Crippen molar-refractivity contribution in [3.63, 3.8) is 0 Å². The van der Waals surface area contributed by atoms with E-state index in [9.17, 15) is 4.57 Å². The minimum Gasteiger partial charge on any atom is -0.309 e. The lowest BCUT2D eigenvalue weighted by Crippen LogP contribution is -2.20. The Hall–Kier alpha value is 0.240. The summed E-state index contributed by atoms with van der Waals surface area (Å²) < 4.78 is 21.0. The van der Waals surface area contributed by atoms with Crippen molar-refractivity contribution >= 4 is 25.2 Å². The molecule has 0 radical (unpaired) electrons. The zero-order chi connectivity index (χ0) is 7.61. The minimum atomic E-state index is -2.76. The van der Waals surface area contributed by atoms with Crippen LogP contribution in [-0.2, 0) is 13.6 Å². The molecule has 5 heteroatoms. The standard InChI is InChI=1S/C5H9O3PS/c1-9(6)7-3-2-5(4-10)8-9/h4-5H,2-3H2,1H3. The molecule has 10 heavy (non-hydrogen) atoms. The lowest BCUT2D eigenvalue weighted by atomic mass is 10.3. The summed E-state index contributed by atoms with van der Waals surface area (Å²) in [4.78, 5) is 0. The predicted molar refractivity (Wildman–Crippen MR) is 42.6 cm³/mol. The van der Waals surface area contributed by atoms with Gasteiger partial charge in [0.25, 0.3) is 0 Å². The second kappa shape index (κ2) is 3.09. The first kappa shape index (κ1) is 8.34. The summed E-state index contributed by atoms with van der Waals surface area (Å²) in [5, 5.41) is 1.48. The second-order valence-corrected chi connectivity index (χ2v) is 4.46. The Labute approximate surface area is 65.2 Å². The van der Waals surface area contributed by atoms with Gasteiger partial charge in [-0.05, 0) is 0 Å². The lowest BCUT2D eigenvalue weighted by molar-refractivity contribution is 0.125. The quantitative estimate of drug-likeness (QED) is 0.453. The lowest BCUT2D eigenvalue weighted by Gasteiger charge is -2.24. The second-order valence-electron chi connectivity index (χ2n) is 2.17. The normalized spacial score (nSPS) is 41.1. The van der Waals surface area contributed by atoms with Gasteiger partial charge in [-0.15, -0.1) is 0 Å². The Morgan fingerprint density at radius 1 is 1.80 bits per heavy atom. The fraction of sp³-hybridized carbons (Fsp3) is 0.800. The molecule has 0 aliphatic carbocycles. The van der Waals surface area contributed by atoms with Crippen molar-refractivity contribution in [1.82, 2.24) is 0 Å². The molecule has 1 aliphatic rings. The maximum Gasteiger partial charge on any atom is 0.328 e. The van der Waals surface area contributed by atoms with Crippen molar-refractivity contribution in [2.75, 3.05) is 13.3 Å². The van der Waals surface area contributed by atoms with Crippen LogP contribution in [0.4, 0.5) is 0 Å². The van der Waals surface area contributed by atoms with Gasteiger partial charge in [-0.25, -0.2) is 0 Å². The maximum absolute atomic E-state index is 11.1. The maximum atomic E-state index is 11.1. The van der Waals surface area contributed by atoms with Crippen LogP contribution in [0.3, 0.4) is 0 Å². The van der Waals surface area contributed by atoms with E-state index in [2.05, 4.69) is 12.2 Å². The Kier molecular flexibility index (Phi) is 2.58. The van der Waals surface area contributed by atoms with Gasteiger partial charge in [-0.3, -0.25) is 4.57 Å².